The van der Waals surface area contributed by atoms with Crippen molar-refractivity contribution in [1.82, 2.24) is 5.32 Å². The predicted molar refractivity (Wildman–Crippen MR) is 111 cm³/mol. The highest BCUT2D eigenvalue weighted by molar-refractivity contribution is 7.92. The van der Waals surface area contributed by atoms with Gasteiger partial charge in [0.25, 0.3) is 0 Å². The SMILES string of the molecule is COc1ccc(C(C)NC(=O)CN(c2ccc3c(c2)OCO3)S(C)(=O)=O)cc1OC. The Balaban J connectivity index is 1.75. The zero-order valence-electron chi connectivity index (χ0n) is 17.2. The molecule has 1 heterocycles. The van der Waals surface area contributed by atoms with Gasteiger partial charge in [0, 0.05) is 6.07 Å². The Hall–Kier alpha value is -3.14. The molecule has 1 aliphatic heterocycles. The number of carbonyl (C=O) groups is 1. The second kappa shape index (κ2) is 8.70. The fraction of sp³-hybridized carbons (Fsp3) is 0.350. The van der Waals surface area contributed by atoms with Gasteiger partial charge in [-0.3, -0.25) is 9.10 Å². The molecule has 162 valence electrons. The van der Waals surface area contributed by atoms with Gasteiger partial charge in [-0.05, 0) is 36.8 Å². The topological polar surface area (TPSA) is 103 Å². The lowest BCUT2D eigenvalue weighted by Gasteiger charge is -2.23. The summed E-state index contributed by atoms with van der Waals surface area (Å²) in [5, 5.41) is 2.81. The van der Waals surface area contributed by atoms with Crippen LogP contribution in [0.1, 0.15) is 18.5 Å². The van der Waals surface area contributed by atoms with Gasteiger partial charge < -0.3 is 24.3 Å². The molecule has 0 saturated carbocycles. The van der Waals surface area contributed by atoms with E-state index in [0.717, 1.165) is 16.1 Å². The molecule has 3 rings (SSSR count). The van der Waals surface area contributed by atoms with Crippen LogP contribution in [0.2, 0.25) is 0 Å². The number of hydrogen-bond acceptors (Lipinski definition) is 7. The van der Waals surface area contributed by atoms with E-state index in [0.29, 0.717) is 28.7 Å². The van der Waals surface area contributed by atoms with E-state index in [1.165, 1.54) is 13.2 Å². The van der Waals surface area contributed by atoms with E-state index in [-0.39, 0.29) is 19.4 Å². The van der Waals surface area contributed by atoms with E-state index in [2.05, 4.69) is 5.32 Å². The van der Waals surface area contributed by atoms with E-state index in [9.17, 15) is 13.2 Å². The van der Waals surface area contributed by atoms with Crippen LogP contribution in [0.25, 0.3) is 0 Å². The first-order chi connectivity index (χ1) is 14.2. The molecule has 1 aliphatic rings. The third kappa shape index (κ3) is 4.70. The number of sulfonamides is 1. The third-order valence-corrected chi connectivity index (χ3v) is 5.76. The predicted octanol–water partition coefficient (Wildman–Crippen LogP) is 2.08. The number of carbonyl (C=O) groups excluding carboxylic acids is 1. The van der Waals surface area contributed by atoms with Gasteiger partial charge in [0.1, 0.15) is 6.54 Å². The van der Waals surface area contributed by atoms with Crippen molar-refractivity contribution in [2.45, 2.75) is 13.0 Å². The molecule has 1 N–H and O–H groups in total. The summed E-state index contributed by atoms with van der Waals surface area (Å²) in [7, 11) is -0.643. The Morgan fingerprint density at radius 3 is 2.47 bits per heavy atom. The minimum Gasteiger partial charge on any atom is -0.493 e. The van der Waals surface area contributed by atoms with Crippen LogP contribution < -0.4 is 28.6 Å². The van der Waals surface area contributed by atoms with Crippen molar-refractivity contribution < 1.29 is 32.2 Å². The maximum absolute atomic E-state index is 12.6. The molecular formula is C20H24N2O7S. The van der Waals surface area contributed by atoms with Crippen LogP contribution in [0, 0.1) is 0 Å². The van der Waals surface area contributed by atoms with E-state index in [4.69, 9.17) is 18.9 Å². The number of anilines is 1. The number of ether oxygens (including phenoxy) is 4. The maximum Gasteiger partial charge on any atom is 0.241 e. The Morgan fingerprint density at radius 1 is 1.10 bits per heavy atom. The average Bonchev–Trinajstić information content (AvgIpc) is 3.18. The first-order valence-electron chi connectivity index (χ1n) is 9.11. The lowest BCUT2D eigenvalue weighted by molar-refractivity contribution is -0.120. The van der Waals surface area contributed by atoms with Gasteiger partial charge in [-0.15, -0.1) is 0 Å². The van der Waals surface area contributed by atoms with E-state index >= 15 is 0 Å². The molecule has 10 heteroatoms. The highest BCUT2D eigenvalue weighted by Gasteiger charge is 2.24. The number of rotatable bonds is 8. The number of methoxy groups -OCH3 is 2. The monoisotopic (exact) mass is 436 g/mol. The summed E-state index contributed by atoms with van der Waals surface area (Å²) >= 11 is 0. The number of hydrogen-bond donors (Lipinski definition) is 1. The van der Waals surface area contributed by atoms with Gasteiger partial charge in [-0.2, -0.15) is 0 Å². The van der Waals surface area contributed by atoms with Crippen LogP contribution in [-0.4, -0.2) is 48.1 Å². The number of benzene rings is 2. The largest absolute Gasteiger partial charge is 0.493 e. The summed E-state index contributed by atoms with van der Waals surface area (Å²) in [5.41, 5.74) is 1.10. The van der Waals surface area contributed by atoms with Gasteiger partial charge >= 0.3 is 0 Å². The summed E-state index contributed by atoms with van der Waals surface area (Å²) < 4.78 is 46.7. The second-order valence-corrected chi connectivity index (χ2v) is 8.62. The van der Waals surface area contributed by atoms with Crippen LogP contribution >= 0.6 is 0 Å². The third-order valence-electron chi connectivity index (χ3n) is 4.62. The Bertz CT molecular complexity index is 1040. The summed E-state index contributed by atoms with van der Waals surface area (Å²) in [6.45, 7) is 1.49. The number of fused-ring (bicyclic) bond motifs is 1. The quantitative estimate of drug-likeness (QED) is 0.676. The molecule has 9 nitrogen and oxygen atoms in total. The first kappa shape index (κ1) is 21.6. The highest BCUT2D eigenvalue weighted by Crippen LogP contribution is 2.36. The molecule has 0 bridgehead atoms. The molecule has 2 aromatic rings. The van der Waals surface area contributed by atoms with E-state index in [1.807, 2.05) is 0 Å². The molecule has 0 spiro atoms. The van der Waals surface area contributed by atoms with Gasteiger partial charge in [-0.25, -0.2) is 8.42 Å². The lowest BCUT2D eigenvalue weighted by Crippen LogP contribution is -2.41. The van der Waals surface area contributed by atoms with Gasteiger partial charge in [-0.1, -0.05) is 6.07 Å². The molecule has 30 heavy (non-hydrogen) atoms. The van der Waals surface area contributed by atoms with Crippen LogP contribution in [0.5, 0.6) is 23.0 Å². The molecular weight excluding hydrogens is 412 g/mol. The molecule has 0 fully saturated rings. The zero-order valence-corrected chi connectivity index (χ0v) is 18.0. The van der Waals surface area contributed by atoms with Crippen molar-refractivity contribution in [1.29, 1.82) is 0 Å². The fourth-order valence-electron chi connectivity index (χ4n) is 3.06. The van der Waals surface area contributed by atoms with Crippen molar-refractivity contribution in [3.63, 3.8) is 0 Å². The molecule has 1 amide bonds. The summed E-state index contributed by atoms with van der Waals surface area (Å²) in [5.74, 6) is 1.61. The molecule has 1 unspecified atom stereocenters. The minimum atomic E-state index is -3.71. The molecule has 0 saturated heterocycles. The van der Waals surface area contributed by atoms with Crippen LogP contribution in [0.3, 0.4) is 0 Å². The van der Waals surface area contributed by atoms with Crippen molar-refractivity contribution >= 4 is 21.6 Å². The van der Waals surface area contributed by atoms with Crippen LogP contribution in [0.15, 0.2) is 36.4 Å². The zero-order chi connectivity index (χ0) is 21.9. The van der Waals surface area contributed by atoms with E-state index < -0.39 is 15.9 Å². The molecule has 2 aromatic carbocycles. The average molecular weight is 436 g/mol. The number of nitrogens with zero attached hydrogens (tertiary/aromatic N) is 1. The molecule has 0 aliphatic carbocycles. The van der Waals surface area contributed by atoms with Crippen molar-refractivity contribution in [2.24, 2.45) is 0 Å². The van der Waals surface area contributed by atoms with Crippen LogP contribution in [0.4, 0.5) is 5.69 Å². The van der Waals surface area contributed by atoms with Crippen molar-refractivity contribution in [3.05, 3.63) is 42.0 Å². The summed E-state index contributed by atoms with van der Waals surface area (Å²) in [6.07, 6.45) is 1.04. The normalized spacial score (nSPS) is 13.5. The fourth-order valence-corrected chi connectivity index (χ4v) is 3.91. The Morgan fingerprint density at radius 2 is 1.80 bits per heavy atom. The number of nitrogens with one attached hydrogen (secondary N) is 1. The van der Waals surface area contributed by atoms with Crippen LogP contribution in [-0.2, 0) is 14.8 Å². The van der Waals surface area contributed by atoms with Crippen molar-refractivity contribution in [3.8, 4) is 23.0 Å². The van der Waals surface area contributed by atoms with E-state index in [1.54, 1.807) is 44.4 Å². The number of amides is 1. The molecule has 0 radical (unpaired) electrons. The van der Waals surface area contributed by atoms with Gasteiger partial charge in [0.2, 0.25) is 22.7 Å². The van der Waals surface area contributed by atoms with Gasteiger partial charge in [0.15, 0.2) is 23.0 Å². The lowest BCUT2D eigenvalue weighted by atomic mass is 10.1. The standard InChI is InChI=1S/C20H24N2O7S/c1-13(14-5-7-16(26-2)18(9-14)27-3)21-20(23)11-22(30(4,24)25)15-6-8-17-19(10-15)29-12-28-17/h5-10,13H,11-12H2,1-4H3,(H,21,23). The summed E-state index contributed by atoms with van der Waals surface area (Å²) in [4.78, 5) is 12.6. The molecule has 0 aromatic heterocycles. The van der Waals surface area contributed by atoms with Gasteiger partial charge in [0.05, 0.1) is 32.2 Å². The Labute approximate surface area is 175 Å². The minimum absolute atomic E-state index is 0.0704. The van der Waals surface area contributed by atoms with Crippen molar-refractivity contribution in [2.75, 3.05) is 38.1 Å². The maximum atomic E-state index is 12.6. The second-order valence-electron chi connectivity index (χ2n) is 6.71. The summed E-state index contributed by atoms with van der Waals surface area (Å²) in [6, 6.07) is 9.64. The Kier molecular flexibility index (Phi) is 6.25. The smallest absolute Gasteiger partial charge is 0.241 e. The molecule has 1 atom stereocenters. The first-order valence-corrected chi connectivity index (χ1v) is 11.0. The highest BCUT2D eigenvalue weighted by atomic mass is 32.2.